The predicted molar refractivity (Wildman–Crippen MR) is 81.5 cm³/mol. The Morgan fingerprint density at radius 1 is 0.950 bits per heavy atom. The van der Waals surface area contributed by atoms with Crippen LogP contribution in [0.1, 0.15) is 22.3 Å². The molecule has 20 heavy (non-hydrogen) atoms. The van der Waals surface area contributed by atoms with Gasteiger partial charge in [0, 0.05) is 18.7 Å². The first kappa shape index (κ1) is 11.7. The van der Waals surface area contributed by atoms with E-state index >= 15 is 0 Å². The summed E-state index contributed by atoms with van der Waals surface area (Å²) in [4.78, 5) is 8.17. The first-order valence-electron chi connectivity index (χ1n) is 7.00. The molecule has 3 heteroatoms. The molecular formula is C17H17N3. The van der Waals surface area contributed by atoms with Gasteiger partial charge in [0.2, 0.25) is 0 Å². The Morgan fingerprint density at radius 2 is 1.75 bits per heavy atom. The number of H-pyrrole nitrogens is 1. The molecule has 2 aromatic carbocycles. The highest BCUT2D eigenvalue weighted by molar-refractivity contribution is 5.81. The van der Waals surface area contributed by atoms with Crippen LogP contribution in [-0.4, -0.2) is 9.97 Å². The first-order valence-corrected chi connectivity index (χ1v) is 7.00. The quantitative estimate of drug-likeness (QED) is 0.706. The van der Waals surface area contributed by atoms with Gasteiger partial charge in [-0.25, -0.2) is 4.98 Å². The van der Waals surface area contributed by atoms with Gasteiger partial charge in [-0.1, -0.05) is 12.1 Å². The molecule has 0 atom stereocenters. The molecule has 0 radical (unpaired) electrons. The Labute approximate surface area is 118 Å². The Bertz CT molecular complexity index is 775. The second-order valence-corrected chi connectivity index (χ2v) is 5.63. The number of aryl methyl sites for hydroxylation is 2. The van der Waals surface area contributed by atoms with E-state index < -0.39 is 0 Å². The molecule has 3 nitrogen and oxygen atoms in total. The lowest BCUT2D eigenvalue weighted by Crippen LogP contribution is -1.99. The second kappa shape index (κ2) is 4.18. The van der Waals surface area contributed by atoms with E-state index in [1.807, 2.05) is 0 Å². The number of benzene rings is 2. The third-order valence-electron chi connectivity index (χ3n) is 4.21. The summed E-state index contributed by atoms with van der Waals surface area (Å²) in [5, 5.41) is 3.38. The van der Waals surface area contributed by atoms with E-state index in [4.69, 9.17) is 4.98 Å². The van der Waals surface area contributed by atoms with Crippen LogP contribution in [0.25, 0.3) is 22.4 Å². The molecular weight excluding hydrogens is 246 g/mol. The third-order valence-corrected chi connectivity index (χ3v) is 4.21. The molecule has 1 aromatic heterocycles. The molecule has 0 spiro atoms. The van der Waals surface area contributed by atoms with Gasteiger partial charge in [0.1, 0.15) is 5.82 Å². The zero-order valence-electron chi connectivity index (χ0n) is 11.7. The average molecular weight is 263 g/mol. The molecule has 1 aliphatic heterocycles. The minimum Gasteiger partial charge on any atom is -0.338 e. The van der Waals surface area contributed by atoms with Crippen LogP contribution < -0.4 is 5.32 Å². The standard InChI is InChI=1S/C17H17N3/c1-10-5-15-16(6-11(10)2)20-17(19-15)12-3-4-13-8-18-9-14(13)7-12/h3-7,18H,8-9H2,1-2H3,(H,19,20). The van der Waals surface area contributed by atoms with Crippen molar-refractivity contribution < 1.29 is 0 Å². The van der Waals surface area contributed by atoms with Gasteiger partial charge in [-0.05, 0) is 54.3 Å². The van der Waals surface area contributed by atoms with E-state index in [2.05, 4.69) is 54.5 Å². The third kappa shape index (κ3) is 1.74. The first-order chi connectivity index (χ1) is 9.70. The van der Waals surface area contributed by atoms with E-state index in [1.54, 1.807) is 0 Å². The number of aromatic amines is 1. The monoisotopic (exact) mass is 263 g/mol. The lowest BCUT2D eigenvalue weighted by Gasteiger charge is -2.01. The summed E-state index contributed by atoms with van der Waals surface area (Å²) in [6.45, 7) is 6.20. The Balaban J connectivity index is 1.86. The summed E-state index contributed by atoms with van der Waals surface area (Å²) in [5.74, 6) is 0.958. The van der Waals surface area contributed by atoms with Gasteiger partial charge in [0.25, 0.3) is 0 Å². The Morgan fingerprint density at radius 3 is 2.65 bits per heavy atom. The number of imidazole rings is 1. The van der Waals surface area contributed by atoms with E-state index in [9.17, 15) is 0 Å². The minimum absolute atomic E-state index is 0.958. The highest BCUT2D eigenvalue weighted by Crippen LogP contribution is 2.26. The molecule has 0 aliphatic carbocycles. The van der Waals surface area contributed by atoms with Crippen LogP contribution in [0.3, 0.4) is 0 Å². The largest absolute Gasteiger partial charge is 0.338 e. The highest BCUT2D eigenvalue weighted by Gasteiger charge is 2.12. The number of hydrogen-bond acceptors (Lipinski definition) is 2. The van der Waals surface area contributed by atoms with Crippen molar-refractivity contribution in [3.05, 3.63) is 52.6 Å². The normalized spacial score (nSPS) is 13.9. The van der Waals surface area contributed by atoms with Gasteiger partial charge >= 0.3 is 0 Å². The molecule has 2 N–H and O–H groups in total. The maximum Gasteiger partial charge on any atom is 0.138 e. The van der Waals surface area contributed by atoms with Gasteiger partial charge < -0.3 is 10.3 Å². The number of hydrogen-bond donors (Lipinski definition) is 2. The molecule has 100 valence electrons. The number of fused-ring (bicyclic) bond motifs is 2. The zero-order valence-corrected chi connectivity index (χ0v) is 11.7. The predicted octanol–water partition coefficient (Wildman–Crippen LogP) is 3.45. The molecule has 1 aliphatic rings. The van der Waals surface area contributed by atoms with Crippen LogP contribution >= 0.6 is 0 Å². The van der Waals surface area contributed by atoms with Crippen LogP contribution in [0.5, 0.6) is 0 Å². The van der Waals surface area contributed by atoms with Crippen LogP contribution in [0.15, 0.2) is 30.3 Å². The fourth-order valence-electron chi connectivity index (χ4n) is 2.85. The van der Waals surface area contributed by atoms with Crippen molar-refractivity contribution in [2.75, 3.05) is 0 Å². The molecule has 3 aromatic rings. The maximum absolute atomic E-state index is 4.73. The van der Waals surface area contributed by atoms with Gasteiger partial charge in [-0.3, -0.25) is 0 Å². The molecule has 0 bridgehead atoms. The van der Waals surface area contributed by atoms with Crippen molar-refractivity contribution in [2.24, 2.45) is 0 Å². The molecule has 0 saturated carbocycles. The topological polar surface area (TPSA) is 40.7 Å². The maximum atomic E-state index is 4.73. The molecule has 0 saturated heterocycles. The van der Waals surface area contributed by atoms with Crippen LogP contribution in [0.2, 0.25) is 0 Å². The number of rotatable bonds is 1. The molecule has 0 unspecified atom stereocenters. The van der Waals surface area contributed by atoms with Crippen molar-refractivity contribution in [1.82, 2.24) is 15.3 Å². The van der Waals surface area contributed by atoms with E-state index in [0.717, 1.165) is 29.9 Å². The highest BCUT2D eigenvalue weighted by atomic mass is 14.9. The van der Waals surface area contributed by atoms with Crippen molar-refractivity contribution in [1.29, 1.82) is 0 Å². The van der Waals surface area contributed by atoms with Gasteiger partial charge in [0.05, 0.1) is 11.0 Å². The van der Waals surface area contributed by atoms with E-state index in [1.165, 1.54) is 27.8 Å². The van der Waals surface area contributed by atoms with Crippen molar-refractivity contribution >= 4 is 11.0 Å². The molecule has 4 rings (SSSR count). The van der Waals surface area contributed by atoms with Crippen molar-refractivity contribution in [3.63, 3.8) is 0 Å². The summed E-state index contributed by atoms with van der Waals surface area (Å²) in [6, 6.07) is 10.9. The molecule has 0 amide bonds. The van der Waals surface area contributed by atoms with Crippen molar-refractivity contribution in [2.45, 2.75) is 26.9 Å². The number of nitrogens with zero attached hydrogens (tertiary/aromatic N) is 1. The smallest absolute Gasteiger partial charge is 0.138 e. The summed E-state index contributed by atoms with van der Waals surface area (Å²) < 4.78 is 0. The fourth-order valence-corrected chi connectivity index (χ4v) is 2.85. The SMILES string of the molecule is Cc1cc2nc(-c3ccc4c(c3)CNC4)[nH]c2cc1C. The summed E-state index contributed by atoms with van der Waals surface area (Å²) in [7, 11) is 0. The van der Waals surface area contributed by atoms with Gasteiger partial charge in [-0.2, -0.15) is 0 Å². The molecule has 0 fully saturated rings. The van der Waals surface area contributed by atoms with Gasteiger partial charge in [-0.15, -0.1) is 0 Å². The van der Waals surface area contributed by atoms with Gasteiger partial charge in [0.15, 0.2) is 0 Å². The van der Waals surface area contributed by atoms with Crippen LogP contribution in [0.4, 0.5) is 0 Å². The van der Waals surface area contributed by atoms with Crippen LogP contribution in [0, 0.1) is 13.8 Å². The zero-order chi connectivity index (χ0) is 13.7. The lowest BCUT2D eigenvalue weighted by atomic mass is 10.1. The Hall–Kier alpha value is -2.13. The fraction of sp³-hybridized carbons (Fsp3) is 0.235. The van der Waals surface area contributed by atoms with Crippen LogP contribution in [-0.2, 0) is 13.1 Å². The lowest BCUT2D eigenvalue weighted by molar-refractivity contribution is 0.765. The van der Waals surface area contributed by atoms with Crippen molar-refractivity contribution in [3.8, 4) is 11.4 Å². The minimum atomic E-state index is 0.958. The summed E-state index contributed by atoms with van der Waals surface area (Å²) >= 11 is 0. The summed E-state index contributed by atoms with van der Waals surface area (Å²) in [6.07, 6.45) is 0. The summed E-state index contributed by atoms with van der Waals surface area (Å²) in [5.41, 5.74) is 8.69. The molecule has 2 heterocycles. The second-order valence-electron chi connectivity index (χ2n) is 5.63. The Kier molecular flexibility index (Phi) is 2.44. The number of nitrogens with one attached hydrogen (secondary N) is 2. The van der Waals surface area contributed by atoms with E-state index in [-0.39, 0.29) is 0 Å². The average Bonchev–Trinajstić information content (AvgIpc) is 3.04. The number of aromatic nitrogens is 2. The van der Waals surface area contributed by atoms with E-state index in [0.29, 0.717) is 0 Å².